The minimum absolute atomic E-state index is 1.21. The maximum absolute atomic E-state index is 3.91. The quantitative estimate of drug-likeness (QED) is 0.557. The maximum Gasteiger partial charge on any atom is 0.0675 e. The van der Waals surface area contributed by atoms with Gasteiger partial charge in [-0.3, -0.25) is 0 Å². The van der Waals surface area contributed by atoms with E-state index >= 15 is 0 Å². The van der Waals surface area contributed by atoms with Gasteiger partial charge in [-0.25, -0.2) is 0 Å². The third-order valence-corrected chi connectivity index (χ3v) is 3.44. The lowest BCUT2D eigenvalue weighted by atomic mass is 10.1. The fraction of sp³-hybridized carbons (Fsp3) is 0.0909. The minimum Gasteiger partial charge on any atom is -0.158 e. The Morgan fingerprint density at radius 2 is 1.86 bits per heavy atom. The summed E-state index contributed by atoms with van der Waals surface area (Å²) in [5.74, 6) is 0. The van der Waals surface area contributed by atoms with Crippen LogP contribution in [0, 0.1) is 6.92 Å². The summed E-state index contributed by atoms with van der Waals surface area (Å²) in [6.07, 6.45) is 3.67. The van der Waals surface area contributed by atoms with Gasteiger partial charge >= 0.3 is 0 Å². The number of hydrogen-bond donors (Lipinski definition) is 0. The number of thiophene rings is 1. The predicted octanol–water partition coefficient (Wildman–Crippen LogP) is 3.15. The Hall–Kier alpha value is -1.48. The third kappa shape index (κ3) is 1.02. The Morgan fingerprint density at radius 1 is 1.00 bits per heavy atom. The van der Waals surface area contributed by atoms with Crippen molar-refractivity contribution in [3.8, 4) is 0 Å². The van der Waals surface area contributed by atoms with Crippen molar-refractivity contribution in [2.75, 3.05) is 0 Å². The van der Waals surface area contributed by atoms with Crippen LogP contribution in [0.1, 0.15) is 5.56 Å². The lowest BCUT2D eigenvalue weighted by Gasteiger charge is -1.91. The zero-order valence-electron chi connectivity index (χ0n) is 7.69. The second-order valence-corrected chi connectivity index (χ2v) is 4.45. The smallest absolute Gasteiger partial charge is 0.0675 e. The second-order valence-electron chi connectivity index (χ2n) is 3.37. The van der Waals surface area contributed by atoms with Crippen LogP contribution >= 0.6 is 11.3 Å². The van der Waals surface area contributed by atoms with Crippen molar-refractivity contribution in [2.24, 2.45) is 0 Å². The molecule has 2 aromatic heterocycles. The van der Waals surface area contributed by atoms with E-state index < -0.39 is 0 Å². The van der Waals surface area contributed by atoms with E-state index in [0.717, 1.165) is 0 Å². The van der Waals surface area contributed by atoms with Crippen LogP contribution in [0.4, 0.5) is 0 Å². The standard InChI is InChI=1S/C11H8N2S/c1-7-2-3-8-9-5-12-13-6-11(9)14-10(8)4-7/h2-6H,1H3. The van der Waals surface area contributed by atoms with E-state index in [9.17, 15) is 0 Å². The van der Waals surface area contributed by atoms with E-state index in [1.165, 1.54) is 25.7 Å². The topological polar surface area (TPSA) is 25.8 Å². The zero-order chi connectivity index (χ0) is 9.54. The molecular formula is C11H8N2S. The van der Waals surface area contributed by atoms with Gasteiger partial charge in [0.15, 0.2) is 0 Å². The van der Waals surface area contributed by atoms with Crippen LogP contribution in [-0.4, -0.2) is 10.2 Å². The molecule has 0 aliphatic heterocycles. The Bertz CT molecular complexity index is 613. The molecule has 3 heteroatoms. The number of aryl methyl sites for hydroxylation is 1. The lowest BCUT2D eigenvalue weighted by Crippen LogP contribution is -1.75. The van der Waals surface area contributed by atoms with Gasteiger partial charge in [-0.15, -0.1) is 11.3 Å². The molecule has 0 amide bonds. The van der Waals surface area contributed by atoms with E-state index in [4.69, 9.17) is 0 Å². The molecule has 3 rings (SSSR count). The highest BCUT2D eigenvalue weighted by atomic mass is 32.1. The first-order valence-electron chi connectivity index (χ1n) is 4.44. The predicted molar refractivity (Wildman–Crippen MR) is 59.7 cm³/mol. The molecule has 3 aromatic rings. The van der Waals surface area contributed by atoms with Crippen LogP contribution in [0.25, 0.3) is 20.2 Å². The summed E-state index contributed by atoms with van der Waals surface area (Å²) in [5, 5.41) is 10.3. The summed E-state index contributed by atoms with van der Waals surface area (Å²) >= 11 is 1.77. The summed E-state index contributed by atoms with van der Waals surface area (Å²) in [6.45, 7) is 2.11. The average molecular weight is 200 g/mol. The Labute approximate surface area is 85.2 Å². The van der Waals surface area contributed by atoms with Gasteiger partial charge in [0.1, 0.15) is 0 Å². The van der Waals surface area contributed by atoms with Crippen LogP contribution in [0.15, 0.2) is 30.6 Å². The number of fused-ring (bicyclic) bond motifs is 3. The molecule has 1 aromatic carbocycles. The monoisotopic (exact) mass is 200 g/mol. The summed E-state index contributed by atoms with van der Waals surface area (Å²) in [6, 6.07) is 6.50. The first kappa shape index (κ1) is 7.88. The third-order valence-electron chi connectivity index (χ3n) is 2.34. The van der Waals surface area contributed by atoms with Crippen molar-refractivity contribution in [1.82, 2.24) is 10.2 Å². The van der Waals surface area contributed by atoms with Crippen molar-refractivity contribution in [1.29, 1.82) is 0 Å². The highest BCUT2D eigenvalue weighted by Crippen LogP contribution is 2.32. The lowest BCUT2D eigenvalue weighted by molar-refractivity contribution is 1.05. The van der Waals surface area contributed by atoms with E-state index in [2.05, 4.69) is 35.3 Å². The van der Waals surface area contributed by atoms with Crippen LogP contribution < -0.4 is 0 Å². The van der Waals surface area contributed by atoms with Crippen molar-refractivity contribution >= 4 is 31.5 Å². The first-order valence-corrected chi connectivity index (χ1v) is 5.26. The van der Waals surface area contributed by atoms with Crippen LogP contribution in [0.2, 0.25) is 0 Å². The Balaban J connectivity index is 2.57. The largest absolute Gasteiger partial charge is 0.158 e. The van der Waals surface area contributed by atoms with Gasteiger partial charge in [0.05, 0.1) is 17.1 Å². The van der Waals surface area contributed by atoms with Crippen molar-refractivity contribution in [3.63, 3.8) is 0 Å². The molecule has 0 saturated carbocycles. The molecule has 2 nitrogen and oxygen atoms in total. The van der Waals surface area contributed by atoms with E-state index in [0.29, 0.717) is 0 Å². The highest BCUT2D eigenvalue weighted by Gasteiger charge is 2.04. The fourth-order valence-electron chi connectivity index (χ4n) is 1.65. The van der Waals surface area contributed by atoms with Gasteiger partial charge in [-0.1, -0.05) is 12.1 Å². The van der Waals surface area contributed by atoms with Crippen molar-refractivity contribution in [2.45, 2.75) is 6.92 Å². The van der Waals surface area contributed by atoms with Gasteiger partial charge in [0.2, 0.25) is 0 Å². The summed E-state index contributed by atoms with van der Waals surface area (Å²) in [7, 11) is 0. The molecule has 0 aliphatic carbocycles. The van der Waals surface area contributed by atoms with Gasteiger partial charge in [-0.05, 0) is 18.6 Å². The van der Waals surface area contributed by atoms with Gasteiger partial charge < -0.3 is 0 Å². The maximum atomic E-state index is 3.91. The van der Waals surface area contributed by atoms with E-state index in [-0.39, 0.29) is 0 Å². The number of benzene rings is 1. The number of aromatic nitrogens is 2. The zero-order valence-corrected chi connectivity index (χ0v) is 8.51. The normalized spacial score (nSPS) is 11.2. The Kier molecular flexibility index (Phi) is 1.55. The molecule has 68 valence electrons. The molecule has 0 radical (unpaired) electrons. The summed E-state index contributed by atoms with van der Waals surface area (Å²) < 4.78 is 2.52. The van der Waals surface area contributed by atoms with Crippen LogP contribution in [-0.2, 0) is 0 Å². The van der Waals surface area contributed by atoms with Crippen molar-refractivity contribution in [3.05, 3.63) is 36.2 Å². The first-order chi connectivity index (χ1) is 6.84. The number of hydrogen-bond acceptors (Lipinski definition) is 3. The molecule has 0 atom stereocenters. The minimum atomic E-state index is 1.21. The van der Waals surface area contributed by atoms with Gasteiger partial charge in [0, 0.05) is 15.5 Å². The molecule has 14 heavy (non-hydrogen) atoms. The molecule has 0 bridgehead atoms. The number of rotatable bonds is 0. The SMILES string of the molecule is Cc1ccc2c(c1)sc1cnncc12. The molecule has 0 fully saturated rings. The molecular weight excluding hydrogens is 192 g/mol. The van der Waals surface area contributed by atoms with Crippen molar-refractivity contribution < 1.29 is 0 Å². The molecule has 0 saturated heterocycles. The number of nitrogens with zero attached hydrogens (tertiary/aromatic N) is 2. The van der Waals surface area contributed by atoms with Gasteiger partial charge in [0.25, 0.3) is 0 Å². The molecule has 2 heterocycles. The highest BCUT2D eigenvalue weighted by molar-refractivity contribution is 7.25. The second kappa shape index (κ2) is 2.75. The fourth-order valence-corrected chi connectivity index (χ4v) is 2.79. The molecule has 0 N–H and O–H groups in total. The van der Waals surface area contributed by atoms with Gasteiger partial charge in [-0.2, -0.15) is 10.2 Å². The molecule has 0 unspecified atom stereocenters. The summed E-state index contributed by atoms with van der Waals surface area (Å²) in [5.41, 5.74) is 1.30. The Morgan fingerprint density at radius 3 is 2.79 bits per heavy atom. The molecule has 0 aliphatic rings. The average Bonchev–Trinajstić information content (AvgIpc) is 2.54. The van der Waals surface area contributed by atoms with Crippen LogP contribution in [0.3, 0.4) is 0 Å². The molecule has 0 spiro atoms. The van der Waals surface area contributed by atoms with Crippen LogP contribution in [0.5, 0.6) is 0 Å². The summed E-state index contributed by atoms with van der Waals surface area (Å²) in [4.78, 5) is 0. The van der Waals surface area contributed by atoms with E-state index in [1.54, 1.807) is 11.3 Å². The van der Waals surface area contributed by atoms with E-state index in [1.807, 2.05) is 12.4 Å².